The number of ether oxygens (including phenoxy) is 1. The Kier molecular flexibility index (Phi) is 24.7. The van der Waals surface area contributed by atoms with E-state index in [0.29, 0.717) is 0 Å². The normalized spacial score (nSPS) is 6.35. The van der Waals surface area contributed by atoms with Crippen LogP contribution in [0, 0.1) is 18.8 Å². The molecule has 1 nitrogen and oxygen atoms in total. The highest BCUT2D eigenvalue weighted by Crippen LogP contribution is 2.09. The fraction of sp³-hybridized carbons (Fsp3) is 0.500. The van der Waals surface area contributed by atoms with Gasteiger partial charge in [-0.25, -0.2) is 0 Å². The average molecular weight is 236 g/mol. The van der Waals surface area contributed by atoms with Crippen LogP contribution in [0.15, 0.2) is 24.3 Å². The van der Waals surface area contributed by atoms with Crippen molar-refractivity contribution in [3.63, 3.8) is 0 Å². The number of aryl methyl sites for hydroxylation is 1. The van der Waals surface area contributed by atoms with Gasteiger partial charge in [0.2, 0.25) is 0 Å². The molecule has 1 heteroatoms. The van der Waals surface area contributed by atoms with Crippen LogP contribution in [0.4, 0.5) is 0 Å². The predicted octanol–water partition coefficient (Wildman–Crippen LogP) is 5.09. The molecule has 0 saturated carbocycles. The van der Waals surface area contributed by atoms with Crippen LogP contribution in [0.3, 0.4) is 0 Å². The lowest BCUT2D eigenvalue weighted by Crippen LogP contribution is -1.80. The van der Waals surface area contributed by atoms with Crippen molar-refractivity contribution >= 4 is 0 Å². The van der Waals surface area contributed by atoms with Gasteiger partial charge in [-0.05, 0) is 32.9 Å². The number of benzene rings is 1. The largest absolute Gasteiger partial charge is 0.497 e. The minimum atomic E-state index is 0.917. The maximum absolute atomic E-state index is 4.97. The van der Waals surface area contributed by atoms with Crippen LogP contribution < -0.4 is 4.74 Å². The Balaban J connectivity index is -0.000000208. The summed E-state index contributed by atoms with van der Waals surface area (Å²) in [5, 5.41) is 0. The molecule has 1 rings (SSSR count). The molecule has 0 saturated heterocycles. The lowest BCUT2D eigenvalue weighted by atomic mass is 10.2. The Labute approximate surface area is 108 Å². The van der Waals surface area contributed by atoms with Gasteiger partial charge in [0.15, 0.2) is 0 Å². The number of hydrogen-bond donors (Lipinski definition) is 0. The van der Waals surface area contributed by atoms with Crippen LogP contribution in [0.25, 0.3) is 0 Å². The molecule has 0 bridgehead atoms. The fourth-order valence-electron chi connectivity index (χ4n) is 0.674. The van der Waals surface area contributed by atoms with Gasteiger partial charge in [-0.1, -0.05) is 45.4 Å². The summed E-state index contributed by atoms with van der Waals surface area (Å²) in [4.78, 5) is 0. The smallest absolute Gasteiger partial charge is 0.118 e. The highest BCUT2D eigenvalue weighted by Gasteiger charge is 1.85. The monoisotopic (exact) mass is 236 g/mol. The molecular weight excluding hydrogens is 208 g/mol. The highest BCUT2D eigenvalue weighted by molar-refractivity contribution is 5.25. The van der Waals surface area contributed by atoms with E-state index in [1.54, 1.807) is 7.11 Å². The summed E-state index contributed by atoms with van der Waals surface area (Å²) in [5.74, 6) is 6.28. The highest BCUT2D eigenvalue weighted by atomic mass is 16.5. The van der Waals surface area contributed by atoms with Crippen LogP contribution in [0.5, 0.6) is 5.75 Å². The predicted molar refractivity (Wildman–Crippen MR) is 79.6 cm³/mol. The third kappa shape index (κ3) is 17.2. The van der Waals surface area contributed by atoms with Gasteiger partial charge in [0, 0.05) is 0 Å². The molecule has 17 heavy (non-hydrogen) atoms. The summed E-state index contributed by atoms with van der Waals surface area (Å²) in [6.07, 6.45) is 0. The van der Waals surface area contributed by atoms with Gasteiger partial charge >= 0.3 is 0 Å². The van der Waals surface area contributed by atoms with Gasteiger partial charge in [-0.3, -0.25) is 0 Å². The van der Waals surface area contributed by atoms with Gasteiger partial charge in [0.25, 0.3) is 0 Å². The molecule has 0 spiro atoms. The fourth-order valence-corrected chi connectivity index (χ4v) is 0.674. The third-order valence-corrected chi connectivity index (χ3v) is 1.51. The number of rotatable bonds is 1. The lowest BCUT2D eigenvalue weighted by molar-refractivity contribution is 0.414. The maximum atomic E-state index is 4.97. The van der Waals surface area contributed by atoms with Crippen molar-refractivity contribution in [3.05, 3.63) is 29.8 Å². The van der Waals surface area contributed by atoms with Crippen molar-refractivity contribution in [2.75, 3.05) is 7.11 Å². The molecule has 1 aromatic rings. The summed E-state index contributed by atoms with van der Waals surface area (Å²) in [6.45, 7) is 13.7. The maximum Gasteiger partial charge on any atom is 0.118 e. The van der Waals surface area contributed by atoms with Crippen LogP contribution in [-0.2, 0) is 0 Å². The van der Waals surface area contributed by atoms with Crippen molar-refractivity contribution in [3.8, 4) is 17.6 Å². The van der Waals surface area contributed by atoms with Gasteiger partial charge in [-0.15, -0.1) is 11.8 Å². The second-order valence-electron chi connectivity index (χ2n) is 2.52. The summed E-state index contributed by atoms with van der Waals surface area (Å²) < 4.78 is 4.97. The standard InChI is InChI=1S/C8H10O.C4H6.2C2H6/c1-7-3-5-8(9-2)6-4-7;1-3-4-2;2*1-2/h3-6H,1-2H3;1-2H3;2*1-2H3. The average Bonchev–Trinajstić information content (AvgIpc) is 2.44. The summed E-state index contributed by atoms with van der Waals surface area (Å²) in [7, 11) is 1.67. The molecule has 0 radical (unpaired) electrons. The van der Waals surface area contributed by atoms with E-state index < -0.39 is 0 Å². The molecule has 0 aliphatic rings. The van der Waals surface area contributed by atoms with Crippen molar-refractivity contribution < 1.29 is 4.74 Å². The molecule has 0 aliphatic heterocycles. The van der Waals surface area contributed by atoms with Crippen LogP contribution in [-0.4, -0.2) is 7.11 Å². The second kappa shape index (κ2) is 20.1. The van der Waals surface area contributed by atoms with Crippen LogP contribution in [0.2, 0.25) is 0 Å². The first-order valence-electron chi connectivity index (χ1n) is 6.18. The Morgan fingerprint density at radius 2 is 1.18 bits per heavy atom. The first kappa shape index (κ1) is 20.9. The Hall–Kier alpha value is -1.42. The zero-order valence-corrected chi connectivity index (χ0v) is 12.7. The molecule has 0 amide bonds. The van der Waals surface area contributed by atoms with E-state index in [0.717, 1.165) is 5.75 Å². The molecule has 98 valence electrons. The van der Waals surface area contributed by atoms with Crippen LogP contribution >= 0.6 is 0 Å². The Morgan fingerprint density at radius 1 is 0.824 bits per heavy atom. The van der Waals surface area contributed by atoms with E-state index in [4.69, 9.17) is 4.74 Å². The molecule has 0 heterocycles. The van der Waals surface area contributed by atoms with Crippen molar-refractivity contribution in [1.29, 1.82) is 0 Å². The van der Waals surface area contributed by atoms with Crippen molar-refractivity contribution in [1.82, 2.24) is 0 Å². The Bertz CT molecular complexity index is 269. The lowest BCUT2D eigenvalue weighted by Gasteiger charge is -1.97. The quantitative estimate of drug-likeness (QED) is 0.617. The molecule has 0 unspecified atom stereocenters. The molecular formula is C16H28O. The van der Waals surface area contributed by atoms with E-state index in [-0.39, 0.29) is 0 Å². The van der Waals surface area contributed by atoms with Gasteiger partial charge in [0.1, 0.15) is 5.75 Å². The molecule has 0 atom stereocenters. The van der Waals surface area contributed by atoms with Crippen molar-refractivity contribution in [2.45, 2.75) is 48.5 Å². The Morgan fingerprint density at radius 3 is 1.41 bits per heavy atom. The molecule has 0 aliphatic carbocycles. The third-order valence-electron chi connectivity index (χ3n) is 1.51. The SMILES string of the molecule is CC.CC.CC#CC.COc1ccc(C)cc1. The zero-order chi connectivity index (χ0) is 14.1. The first-order chi connectivity index (χ1) is 8.24. The number of hydrogen-bond acceptors (Lipinski definition) is 1. The molecule has 0 aromatic heterocycles. The second-order valence-corrected chi connectivity index (χ2v) is 2.52. The molecule has 1 aromatic carbocycles. The van der Waals surface area contributed by atoms with E-state index in [2.05, 4.69) is 18.8 Å². The van der Waals surface area contributed by atoms with Gasteiger partial charge < -0.3 is 4.74 Å². The van der Waals surface area contributed by atoms with E-state index in [1.807, 2.05) is 65.8 Å². The summed E-state index contributed by atoms with van der Waals surface area (Å²) in [6, 6.07) is 7.96. The summed E-state index contributed by atoms with van der Waals surface area (Å²) >= 11 is 0. The minimum Gasteiger partial charge on any atom is -0.497 e. The minimum absolute atomic E-state index is 0.917. The van der Waals surface area contributed by atoms with Gasteiger partial charge in [-0.2, -0.15) is 0 Å². The van der Waals surface area contributed by atoms with Gasteiger partial charge in [0.05, 0.1) is 7.11 Å². The van der Waals surface area contributed by atoms with Crippen molar-refractivity contribution in [2.24, 2.45) is 0 Å². The molecule has 0 N–H and O–H groups in total. The first-order valence-corrected chi connectivity index (χ1v) is 6.18. The zero-order valence-electron chi connectivity index (χ0n) is 12.7. The van der Waals surface area contributed by atoms with E-state index in [9.17, 15) is 0 Å². The van der Waals surface area contributed by atoms with Crippen LogP contribution in [0.1, 0.15) is 47.1 Å². The topological polar surface area (TPSA) is 9.23 Å². The number of methoxy groups -OCH3 is 1. The summed E-state index contributed by atoms with van der Waals surface area (Å²) in [5.41, 5.74) is 1.26. The van der Waals surface area contributed by atoms with E-state index >= 15 is 0 Å². The molecule has 0 fully saturated rings. The van der Waals surface area contributed by atoms with E-state index in [1.165, 1.54) is 5.56 Å².